The highest BCUT2D eigenvalue weighted by molar-refractivity contribution is 6.03. The second-order valence-electron chi connectivity index (χ2n) is 5.68. The van der Waals surface area contributed by atoms with Crippen LogP contribution in [0.15, 0.2) is 42.5 Å². The Morgan fingerprint density at radius 2 is 2.08 bits per heavy atom. The number of nitrogens with zero attached hydrogens (tertiary/aromatic N) is 4. The Kier molecular flexibility index (Phi) is 6.54. The molecule has 0 fully saturated rings. The Bertz CT molecular complexity index is 927. The molecular weight excluding hydrogens is 352 g/mol. The van der Waals surface area contributed by atoms with Gasteiger partial charge in [-0.15, -0.1) is 12.4 Å². The van der Waals surface area contributed by atoms with Gasteiger partial charge in [-0.2, -0.15) is 5.10 Å². The number of imidazole rings is 1. The van der Waals surface area contributed by atoms with Crippen molar-refractivity contribution in [1.29, 1.82) is 0 Å². The minimum Gasteiger partial charge on any atom is -0.327 e. The third-order valence-electron chi connectivity index (χ3n) is 3.90. The average molecular weight is 375 g/mol. The Morgan fingerprint density at radius 3 is 2.81 bits per heavy atom. The number of nitrogens with two attached hydrogens (primary N) is 1. The average Bonchev–Trinajstić information content (AvgIpc) is 3.15. The molecule has 7 nitrogen and oxygen atoms in total. The molecule has 0 unspecified atom stereocenters. The first-order valence-corrected chi connectivity index (χ1v) is 8.30. The lowest BCUT2D eigenvalue weighted by atomic mass is 10.3. The van der Waals surface area contributed by atoms with Crippen LogP contribution in [0, 0.1) is 6.92 Å². The molecule has 3 N–H and O–H groups in total. The van der Waals surface area contributed by atoms with Crippen LogP contribution in [0.2, 0.25) is 0 Å². The molecule has 138 valence electrons. The summed E-state index contributed by atoms with van der Waals surface area (Å²) in [5.41, 5.74) is 8.64. The van der Waals surface area contributed by atoms with E-state index in [0.717, 1.165) is 16.7 Å². The quantitative estimate of drug-likeness (QED) is 0.649. The maximum Gasteiger partial charge on any atom is 0.276 e. The van der Waals surface area contributed by atoms with Crippen molar-refractivity contribution in [2.24, 2.45) is 5.73 Å². The smallest absolute Gasteiger partial charge is 0.276 e. The van der Waals surface area contributed by atoms with Gasteiger partial charge in [-0.25, -0.2) is 4.98 Å². The molecule has 3 aromatic rings. The van der Waals surface area contributed by atoms with Crippen LogP contribution in [0.4, 0.5) is 5.95 Å². The predicted octanol–water partition coefficient (Wildman–Crippen LogP) is 2.75. The normalized spacial score (nSPS) is 11.0. The first-order chi connectivity index (χ1) is 12.1. The fourth-order valence-electron chi connectivity index (χ4n) is 2.77. The van der Waals surface area contributed by atoms with E-state index in [0.29, 0.717) is 31.3 Å². The van der Waals surface area contributed by atoms with Crippen LogP contribution in [0.5, 0.6) is 0 Å². The molecule has 0 aliphatic rings. The molecule has 0 saturated carbocycles. The Morgan fingerprint density at radius 1 is 1.31 bits per heavy atom. The summed E-state index contributed by atoms with van der Waals surface area (Å²) in [5, 5.41) is 7.24. The maximum absolute atomic E-state index is 12.7. The zero-order valence-corrected chi connectivity index (χ0v) is 15.7. The molecule has 1 amide bonds. The van der Waals surface area contributed by atoms with Crippen LogP contribution < -0.4 is 11.1 Å². The number of rotatable bonds is 6. The molecule has 0 aliphatic heterocycles. The molecule has 0 saturated heterocycles. The number of benzene rings is 1. The van der Waals surface area contributed by atoms with Crippen LogP contribution in [-0.2, 0) is 13.1 Å². The topological polar surface area (TPSA) is 90.8 Å². The summed E-state index contributed by atoms with van der Waals surface area (Å²) in [6.07, 6.45) is 3.85. The third kappa shape index (κ3) is 3.95. The van der Waals surface area contributed by atoms with E-state index < -0.39 is 0 Å². The molecular formula is C18H23ClN6O. The number of hydrogen-bond acceptors (Lipinski definition) is 4. The van der Waals surface area contributed by atoms with Crippen LogP contribution in [-0.4, -0.2) is 31.8 Å². The number of hydrogen-bond donors (Lipinski definition) is 2. The summed E-state index contributed by atoms with van der Waals surface area (Å²) in [7, 11) is 0. The molecule has 0 radical (unpaired) electrons. The Balaban J connectivity index is 0.00000243. The molecule has 0 bridgehead atoms. The number of fused-ring (bicyclic) bond motifs is 1. The number of halogens is 1. The summed E-state index contributed by atoms with van der Waals surface area (Å²) < 4.78 is 3.64. The monoisotopic (exact) mass is 374 g/mol. The van der Waals surface area contributed by atoms with Gasteiger partial charge in [-0.1, -0.05) is 24.3 Å². The van der Waals surface area contributed by atoms with E-state index in [-0.39, 0.29) is 18.3 Å². The highest BCUT2D eigenvalue weighted by Gasteiger charge is 2.17. The van der Waals surface area contributed by atoms with Gasteiger partial charge in [-0.05, 0) is 32.0 Å². The zero-order valence-electron chi connectivity index (χ0n) is 14.8. The minimum atomic E-state index is -0.221. The molecule has 0 aliphatic carbocycles. The SMILES string of the molecule is CCn1nc(C)cc1C(=O)Nc1nc2ccccc2n1C/C=C/CN.Cl. The van der Waals surface area contributed by atoms with Gasteiger partial charge in [0, 0.05) is 19.6 Å². The van der Waals surface area contributed by atoms with Crippen LogP contribution in [0.1, 0.15) is 23.1 Å². The van der Waals surface area contributed by atoms with Crippen LogP contribution in [0.25, 0.3) is 11.0 Å². The Labute approximate surface area is 158 Å². The van der Waals surface area contributed by atoms with E-state index in [2.05, 4.69) is 15.4 Å². The van der Waals surface area contributed by atoms with Gasteiger partial charge in [0.2, 0.25) is 5.95 Å². The van der Waals surface area contributed by atoms with Crippen LogP contribution >= 0.6 is 12.4 Å². The number of amides is 1. The van der Waals surface area contributed by atoms with Crippen molar-refractivity contribution in [3.63, 3.8) is 0 Å². The van der Waals surface area contributed by atoms with Gasteiger partial charge in [0.1, 0.15) is 5.69 Å². The van der Waals surface area contributed by atoms with E-state index in [1.807, 2.05) is 54.8 Å². The van der Waals surface area contributed by atoms with E-state index >= 15 is 0 Å². The molecule has 0 atom stereocenters. The molecule has 8 heteroatoms. The summed E-state index contributed by atoms with van der Waals surface area (Å²) in [5.74, 6) is 0.288. The van der Waals surface area contributed by atoms with Gasteiger partial charge in [0.15, 0.2) is 0 Å². The first-order valence-electron chi connectivity index (χ1n) is 8.30. The lowest BCUT2D eigenvalue weighted by Gasteiger charge is -2.09. The highest BCUT2D eigenvalue weighted by Crippen LogP contribution is 2.20. The van der Waals surface area contributed by atoms with Gasteiger partial charge < -0.3 is 10.3 Å². The number of para-hydroxylation sites is 2. The second-order valence-corrected chi connectivity index (χ2v) is 5.68. The van der Waals surface area contributed by atoms with Crippen molar-refractivity contribution in [3.05, 3.63) is 53.9 Å². The summed E-state index contributed by atoms with van der Waals surface area (Å²) in [6.45, 7) is 5.51. The maximum atomic E-state index is 12.7. The van der Waals surface area contributed by atoms with E-state index in [9.17, 15) is 4.79 Å². The second kappa shape index (κ2) is 8.64. The first kappa shape index (κ1) is 19.7. The summed E-state index contributed by atoms with van der Waals surface area (Å²) in [4.78, 5) is 17.3. The molecule has 1 aromatic carbocycles. The summed E-state index contributed by atoms with van der Waals surface area (Å²) in [6, 6.07) is 9.56. The number of nitrogens with one attached hydrogen (secondary N) is 1. The lowest BCUT2D eigenvalue weighted by molar-refractivity contribution is 0.101. The number of allylic oxidation sites excluding steroid dienone is 1. The van der Waals surface area contributed by atoms with Crippen molar-refractivity contribution in [2.45, 2.75) is 26.9 Å². The van der Waals surface area contributed by atoms with Crippen molar-refractivity contribution in [3.8, 4) is 0 Å². The van der Waals surface area contributed by atoms with Crippen molar-refractivity contribution < 1.29 is 4.79 Å². The zero-order chi connectivity index (χ0) is 17.8. The lowest BCUT2D eigenvalue weighted by Crippen LogP contribution is -2.19. The summed E-state index contributed by atoms with van der Waals surface area (Å²) >= 11 is 0. The Hall–Kier alpha value is -2.64. The number of carbonyl (C=O) groups is 1. The minimum absolute atomic E-state index is 0. The standard InChI is InChI=1S/C18H22N6O.ClH/c1-3-24-16(12-13(2)22-24)17(25)21-18-20-14-8-4-5-9-15(14)23(18)11-7-6-10-19;/h4-9,12H,3,10-11,19H2,1-2H3,(H,20,21,25);1H/b7-6+;. The number of aryl methyl sites for hydroxylation is 2. The largest absolute Gasteiger partial charge is 0.327 e. The van der Waals surface area contributed by atoms with Gasteiger partial charge in [0.05, 0.1) is 16.7 Å². The highest BCUT2D eigenvalue weighted by atomic mass is 35.5. The molecule has 0 spiro atoms. The van der Waals surface area contributed by atoms with Gasteiger partial charge in [-0.3, -0.25) is 14.8 Å². The van der Waals surface area contributed by atoms with Gasteiger partial charge in [0.25, 0.3) is 5.91 Å². The molecule has 2 aromatic heterocycles. The molecule has 26 heavy (non-hydrogen) atoms. The fraction of sp³-hybridized carbons (Fsp3) is 0.278. The molecule has 2 heterocycles. The van der Waals surface area contributed by atoms with Crippen molar-refractivity contribution in [1.82, 2.24) is 19.3 Å². The van der Waals surface area contributed by atoms with Crippen LogP contribution in [0.3, 0.4) is 0 Å². The third-order valence-corrected chi connectivity index (χ3v) is 3.90. The fourth-order valence-corrected chi connectivity index (χ4v) is 2.77. The number of anilines is 1. The number of carbonyl (C=O) groups excluding carboxylic acids is 1. The van der Waals surface area contributed by atoms with E-state index in [1.54, 1.807) is 10.7 Å². The molecule has 3 rings (SSSR count). The van der Waals surface area contributed by atoms with Crippen molar-refractivity contribution in [2.75, 3.05) is 11.9 Å². The van der Waals surface area contributed by atoms with E-state index in [1.165, 1.54) is 0 Å². The van der Waals surface area contributed by atoms with E-state index in [4.69, 9.17) is 5.73 Å². The van der Waals surface area contributed by atoms with Crippen molar-refractivity contribution >= 4 is 35.3 Å². The number of aromatic nitrogens is 4. The van der Waals surface area contributed by atoms with Gasteiger partial charge >= 0.3 is 0 Å². The predicted molar refractivity (Wildman–Crippen MR) is 106 cm³/mol.